The Labute approximate surface area is 251 Å². The van der Waals surface area contributed by atoms with Crippen molar-refractivity contribution >= 4 is 28.6 Å². The highest BCUT2D eigenvalue weighted by Gasteiger charge is 2.33. The lowest BCUT2D eigenvalue weighted by Crippen LogP contribution is -2.28. The van der Waals surface area contributed by atoms with Crippen LogP contribution in [0.5, 0.6) is 5.75 Å². The number of carbonyl (C=O) groups is 1. The van der Waals surface area contributed by atoms with Crippen molar-refractivity contribution < 1.29 is 14.6 Å². The van der Waals surface area contributed by atoms with E-state index in [4.69, 9.17) is 4.74 Å². The Kier molecular flexibility index (Phi) is 8.19. The van der Waals surface area contributed by atoms with E-state index in [1.54, 1.807) is 38.1 Å². The third-order valence-electron chi connectivity index (χ3n) is 7.20. The Morgan fingerprint density at radius 3 is 2.40 bits per heavy atom. The quantitative estimate of drug-likeness (QED) is 0.163. The number of carboxylic acids is 1. The maximum absolute atomic E-state index is 12.3. The number of hydrogen-bond acceptors (Lipinski definition) is 5. The van der Waals surface area contributed by atoms with E-state index in [1.165, 1.54) is 0 Å². The summed E-state index contributed by atoms with van der Waals surface area (Å²) in [6, 6.07) is 20.4. The van der Waals surface area contributed by atoms with Crippen molar-refractivity contribution in [3.63, 3.8) is 0 Å². The van der Waals surface area contributed by atoms with E-state index in [0.29, 0.717) is 19.6 Å². The Bertz CT molecular complexity index is 1700. The first-order chi connectivity index (χ1) is 19.9. The third-order valence-corrected chi connectivity index (χ3v) is 8.47. The fourth-order valence-corrected chi connectivity index (χ4v) is 6.14. The SMILES string of the molecule is Cc1[nH]cnc1-c1ccc(Cn2c(CC(C)(C)C(=O)O)c(SC(C)(C)C)c3cc(OCc4ccccn4)ccc32)cc1. The lowest BCUT2D eigenvalue weighted by Gasteiger charge is -2.24. The predicted octanol–water partition coefficient (Wildman–Crippen LogP) is 7.91. The number of H-pyrrole nitrogens is 1. The van der Waals surface area contributed by atoms with Crippen molar-refractivity contribution in [2.45, 2.75) is 70.8 Å². The largest absolute Gasteiger partial charge is 0.487 e. The van der Waals surface area contributed by atoms with Gasteiger partial charge in [-0.05, 0) is 56.7 Å². The zero-order valence-corrected chi connectivity index (χ0v) is 25.9. The number of imidazole rings is 1. The fourth-order valence-electron chi connectivity index (χ4n) is 4.96. The van der Waals surface area contributed by atoms with Crippen LogP contribution in [0.4, 0.5) is 0 Å². The molecule has 0 amide bonds. The maximum Gasteiger partial charge on any atom is 0.309 e. The van der Waals surface area contributed by atoms with Gasteiger partial charge in [-0.1, -0.05) is 51.1 Å². The highest BCUT2D eigenvalue weighted by atomic mass is 32.2. The van der Waals surface area contributed by atoms with Gasteiger partial charge in [0.25, 0.3) is 0 Å². The number of ether oxygens (including phenoxy) is 1. The van der Waals surface area contributed by atoms with Crippen LogP contribution in [0.15, 0.2) is 78.1 Å². The van der Waals surface area contributed by atoms with Gasteiger partial charge >= 0.3 is 5.97 Å². The average Bonchev–Trinajstić information content (AvgIpc) is 3.48. The number of nitrogens with one attached hydrogen (secondary N) is 1. The minimum atomic E-state index is -0.945. The number of thioether (sulfide) groups is 1. The molecule has 0 spiro atoms. The minimum Gasteiger partial charge on any atom is -0.487 e. The van der Waals surface area contributed by atoms with Gasteiger partial charge in [0.15, 0.2) is 0 Å². The van der Waals surface area contributed by atoms with Crippen LogP contribution in [0.1, 0.15) is 57.3 Å². The van der Waals surface area contributed by atoms with E-state index >= 15 is 0 Å². The van der Waals surface area contributed by atoms with Crippen LogP contribution in [0.2, 0.25) is 0 Å². The summed E-state index contributed by atoms with van der Waals surface area (Å²) in [5, 5.41) is 11.2. The van der Waals surface area contributed by atoms with Crippen molar-refractivity contribution in [1.29, 1.82) is 0 Å². The first-order valence-corrected chi connectivity index (χ1v) is 14.9. The van der Waals surface area contributed by atoms with Gasteiger partial charge in [0, 0.05) is 56.7 Å². The predicted molar refractivity (Wildman–Crippen MR) is 169 cm³/mol. The first-order valence-electron chi connectivity index (χ1n) is 14.1. The summed E-state index contributed by atoms with van der Waals surface area (Å²) >= 11 is 1.77. The van der Waals surface area contributed by atoms with E-state index in [2.05, 4.69) is 76.7 Å². The molecule has 7 nitrogen and oxygen atoms in total. The molecule has 8 heteroatoms. The standard InChI is InChI=1S/C34H38N4O3S/c1-22-30(37-21-36-22)24-12-10-23(11-13-24)19-38-28-15-14-26(41-20-25-9-7-8-16-35-25)17-27(28)31(42-33(2,3)4)29(38)18-34(5,6)32(39)40/h7-17,21H,18-20H2,1-6H3,(H,36,37)(H,39,40). The van der Waals surface area contributed by atoms with Crippen LogP contribution in [0, 0.1) is 12.3 Å². The number of aliphatic carboxylic acids is 1. The monoisotopic (exact) mass is 582 g/mol. The van der Waals surface area contributed by atoms with Crippen molar-refractivity contribution in [3.05, 3.63) is 95.8 Å². The van der Waals surface area contributed by atoms with Crippen LogP contribution < -0.4 is 4.74 Å². The summed E-state index contributed by atoms with van der Waals surface area (Å²) in [6.45, 7) is 13.1. The molecule has 2 N–H and O–H groups in total. The van der Waals surface area contributed by atoms with Gasteiger partial charge in [0.2, 0.25) is 0 Å². The molecule has 0 aliphatic heterocycles. The molecule has 0 fully saturated rings. The summed E-state index contributed by atoms with van der Waals surface area (Å²) in [4.78, 5) is 25.4. The van der Waals surface area contributed by atoms with E-state index in [1.807, 2.05) is 31.2 Å². The number of carboxylic acid groups (broad SMARTS) is 1. The molecule has 218 valence electrons. The van der Waals surface area contributed by atoms with Gasteiger partial charge in [-0.2, -0.15) is 0 Å². The summed E-state index contributed by atoms with van der Waals surface area (Å²) in [5.74, 6) is -0.0621. The molecule has 0 saturated carbocycles. The Morgan fingerprint density at radius 1 is 1.02 bits per heavy atom. The van der Waals surface area contributed by atoms with Crippen LogP contribution in [-0.4, -0.2) is 35.3 Å². The molecule has 0 unspecified atom stereocenters. The molecule has 0 bridgehead atoms. The summed E-state index contributed by atoms with van der Waals surface area (Å²) < 4.78 is 8.36. The Morgan fingerprint density at radius 2 is 1.79 bits per heavy atom. The van der Waals surface area contributed by atoms with Gasteiger partial charge in [0.05, 0.1) is 23.1 Å². The van der Waals surface area contributed by atoms with Crippen LogP contribution in [-0.2, 0) is 24.4 Å². The molecular weight excluding hydrogens is 544 g/mol. The topological polar surface area (TPSA) is 93.0 Å². The highest BCUT2D eigenvalue weighted by Crippen LogP contribution is 2.44. The van der Waals surface area contributed by atoms with Gasteiger partial charge in [0.1, 0.15) is 12.4 Å². The van der Waals surface area contributed by atoms with Crippen LogP contribution in [0.3, 0.4) is 0 Å². The second-order valence-electron chi connectivity index (χ2n) is 12.3. The number of aromatic amines is 1. The van der Waals surface area contributed by atoms with E-state index in [-0.39, 0.29) is 4.75 Å². The lowest BCUT2D eigenvalue weighted by molar-refractivity contribution is -0.146. The average molecular weight is 583 g/mol. The molecule has 0 aliphatic rings. The zero-order valence-electron chi connectivity index (χ0n) is 25.1. The number of fused-ring (bicyclic) bond motifs is 1. The second kappa shape index (κ2) is 11.7. The number of hydrogen-bond donors (Lipinski definition) is 2. The van der Waals surface area contributed by atoms with E-state index < -0.39 is 11.4 Å². The van der Waals surface area contributed by atoms with Gasteiger partial charge in [-0.3, -0.25) is 9.78 Å². The van der Waals surface area contributed by atoms with Crippen LogP contribution >= 0.6 is 11.8 Å². The van der Waals surface area contributed by atoms with E-state index in [0.717, 1.165) is 55.5 Å². The number of benzene rings is 2. The number of nitrogens with zero attached hydrogens (tertiary/aromatic N) is 3. The zero-order chi connectivity index (χ0) is 30.1. The molecular formula is C34H38N4O3S. The number of aromatic nitrogens is 4. The maximum atomic E-state index is 12.3. The minimum absolute atomic E-state index is 0.0882. The molecule has 0 aliphatic carbocycles. The molecule has 0 atom stereocenters. The highest BCUT2D eigenvalue weighted by molar-refractivity contribution is 8.00. The van der Waals surface area contributed by atoms with Crippen molar-refractivity contribution in [2.24, 2.45) is 5.41 Å². The van der Waals surface area contributed by atoms with Crippen molar-refractivity contribution in [1.82, 2.24) is 19.5 Å². The van der Waals surface area contributed by atoms with Gasteiger partial charge < -0.3 is 19.4 Å². The molecule has 42 heavy (non-hydrogen) atoms. The number of rotatable bonds is 10. The van der Waals surface area contributed by atoms with Crippen molar-refractivity contribution in [2.75, 3.05) is 0 Å². The smallest absolute Gasteiger partial charge is 0.309 e. The molecule has 0 saturated heterocycles. The molecule has 3 aromatic heterocycles. The fraction of sp³-hybridized carbons (Fsp3) is 0.324. The molecule has 0 radical (unpaired) electrons. The molecule has 5 aromatic rings. The Balaban J connectivity index is 1.60. The molecule has 5 rings (SSSR count). The van der Waals surface area contributed by atoms with Gasteiger partial charge in [-0.25, -0.2) is 4.98 Å². The third kappa shape index (κ3) is 6.54. The molecule has 2 aromatic carbocycles. The van der Waals surface area contributed by atoms with Crippen molar-refractivity contribution in [3.8, 4) is 17.0 Å². The van der Waals surface area contributed by atoms with Gasteiger partial charge in [-0.15, -0.1) is 11.8 Å². The summed E-state index contributed by atoms with van der Waals surface area (Å²) in [7, 11) is 0. The Hall–Kier alpha value is -4.04. The van der Waals surface area contributed by atoms with E-state index in [9.17, 15) is 9.90 Å². The van der Waals surface area contributed by atoms with Crippen LogP contribution in [0.25, 0.3) is 22.2 Å². The second-order valence-corrected chi connectivity index (χ2v) is 14.1. The number of aryl methyl sites for hydroxylation is 1. The summed E-state index contributed by atoms with van der Waals surface area (Å²) in [6.07, 6.45) is 3.87. The first kappa shape index (κ1) is 29.5. The number of pyridine rings is 1. The summed E-state index contributed by atoms with van der Waals surface area (Å²) in [5.41, 5.74) is 6.14. The lowest BCUT2D eigenvalue weighted by atomic mass is 9.88. The molecule has 3 heterocycles. The normalized spacial score (nSPS) is 12.1.